The molecule has 0 saturated carbocycles. The minimum atomic E-state index is -0.884. The number of nitrogens with zero attached hydrogens (tertiary/aromatic N) is 1. The Morgan fingerprint density at radius 2 is 2.22 bits per heavy atom. The maximum absolute atomic E-state index is 13.2. The van der Waals surface area contributed by atoms with Crippen LogP contribution in [0.1, 0.15) is 25.5 Å². The van der Waals surface area contributed by atoms with E-state index in [9.17, 15) is 14.0 Å². The van der Waals surface area contributed by atoms with Crippen molar-refractivity contribution in [2.45, 2.75) is 32.2 Å². The van der Waals surface area contributed by atoms with Gasteiger partial charge >= 0.3 is 5.97 Å². The number of hydrogen-bond donors (Lipinski definition) is 2. The van der Waals surface area contributed by atoms with Crippen molar-refractivity contribution in [2.75, 3.05) is 0 Å². The van der Waals surface area contributed by atoms with Crippen LogP contribution in [0.15, 0.2) is 29.6 Å². The zero-order chi connectivity index (χ0) is 16.8. The lowest BCUT2D eigenvalue weighted by Crippen LogP contribution is -2.34. The number of halogens is 1. The molecule has 1 aromatic carbocycles. The van der Waals surface area contributed by atoms with Gasteiger partial charge in [-0.3, -0.25) is 9.59 Å². The lowest BCUT2D eigenvalue weighted by atomic mass is 10.2. The summed E-state index contributed by atoms with van der Waals surface area (Å²) in [6.07, 6.45) is 0.512. The number of carboxylic acid groups (broad SMARTS) is 1. The van der Waals surface area contributed by atoms with E-state index in [0.717, 1.165) is 0 Å². The highest BCUT2D eigenvalue weighted by Crippen LogP contribution is 2.24. The third-order valence-electron chi connectivity index (χ3n) is 3.16. The molecule has 5 nitrogen and oxygen atoms in total. The Hall–Kier alpha value is -2.28. The molecule has 0 aliphatic heterocycles. The zero-order valence-corrected chi connectivity index (χ0v) is 13.4. The van der Waals surface area contributed by atoms with Gasteiger partial charge in [0.05, 0.1) is 12.1 Å². The SMILES string of the molecule is CC(CCC(=O)O)NC(=O)Cc1csc(-c2cccc(F)c2)n1. The molecular weight excluding hydrogens is 319 g/mol. The van der Waals surface area contributed by atoms with Gasteiger partial charge < -0.3 is 10.4 Å². The van der Waals surface area contributed by atoms with E-state index in [1.807, 2.05) is 0 Å². The van der Waals surface area contributed by atoms with Gasteiger partial charge in [-0.25, -0.2) is 9.37 Å². The Labute approximate surface area is 137 Å². The fourth-order valence-corrected chi connectivity index (χ4v) is 2.86. The molecule has 7 heteroatoms. The van der Waals surface area contributed by atoms with E-state index in [0.29, 0.717) is 22.7 Å². The first-order valence-electron chi connectivity index (χ1n) is 7.15. The number of amides is 1. The summed E-state index contributed by atoms with van der Waals surface area (Å²) in [6, 6.07) is 5.93. The number of rotatable bonds is 7. The minimum Gasteiger partial charge on any atom is -0.481 e. The largest absolute Gasteiger partial charge is 0.481 e. The summed E-state index contributed by atoms with van der Waals surface area (Å²) in [7, 11) is 0. The number of thiazole rings is 1. The van der Waals surface area contributed by atoms with Gasteiger partial charge in [0.1, 0.15) is 10.8 Å². The van der Waals surface area contributed by atoms with Crippen molar-refractivity contribution in [3.8, 4) is 10.6 Å². The summed E-state index contributed by atoms with van der Waals surface area (Å²) >= 11 is 1.35. The first kappa shape index (κ1) is 17.1. The summed E-state index contributed by atoms with van der Waals surface area (Å²) in [6.45, 7) is 1.76. The first-order chi connectivity index (χ1) is 10.9. The summed E-state index contributed by atoms with van der Waals surface area (Å²) in [4.78, 5) is 26.7. The highest BCUT2D eigenvalue weighted by atomic mass is 32.1. The van der Waals surface area contributed by atoms with Crippen LogP contribution in [0.5, 0.6) is 0 Å². The van der Waals surface area contributed by atoms with Crippen LogP contribution >= 0.6 is 11.3 Å². The van der Waals surface area contributed by atoms with E-state index in [-0.39, 0.29) is 30.6 Å². The van der Waals surface area contributed by atoms with Crippen LogP contribution in [-0.4, -0.2) is 28.0 Å². The maximum Gasteiger partial charge on any atom is 0.303 e. The van der Waals surface area contributed by atoms with E-state index in [4.69, 9.17) is 5.11 Å². The van der Waals surface area contributed by atoms with Gasteiger partial charge in [0, 0.05) is 23.4 Å². The quantitative estimate of drug-likeness (QED) is 0.815. The summed E-state index contributed by atoms with van der Waals surface area (Å²) in [5.41, 5.74) is 1.29. The number of benzene rings is 1. The minimum absolute atomic E-state index is 0.0157. The number of aromatic nitrogens is 1. The number of nitrogens with one attached hydrogen (secondary N) is 1. The highest BCUT2D eigenvalue weighted by Gasteiger charge is 2.12. The molecule has 0 fully saturated rings. The third-order valence-corrected chi connectivity index (χ3v) is 4.10. The number of aliphatic carboxylic acids is 1. The summed E-state index contributed by atoms with van der Waals surface area (Å²) < 4.78 is 13.2. The van der Waals surface area contributed by atoms with Gasteiger partial charge in [0.2, 0.25) is 5.91 Å². The Balaban J connectivity index is 1.91. The van der Waals surface area contributed by atoms with Crippen LogP contribution in [-0.2, 0) is 16.0 Å². The second-order valence-corrected chi connectivity index (χ2v) is 6.09. The van der Waals surface area contributed by atoms with Gasteiger partial charge in [-0.05, 0) is 25.5 Å². The molecule has 1 atom stereocenters. The molecule has 0 bridgehead atoms. The molecule has 0 spiro atoms. The molecule has 2 aromatic rings. The number of carbonyl (C=O) groups excluding carboxylic acids is 1. The number of hydrogen-bond acceptors (Lipinski definition) is 4. The topological polar surface area (TPSA) is 79.3 Å². The van der Waals surface area contributed by atoms with Crippen molar-refractivity contribution >= 4 is 23.2 Å². The van der Waals surface area contributed by atoms with E-state index >= 15 is 0 Å². The number of carboxylic acids is 1. The highest BCUT2D eigenvalue weighted by molar-refractivity contribution is 7.13. The van der Waals surface area contributed by atoms with Crippen LogP contribution < -0.4 is 5.32 Å². The molecule has 1 aromatic heterocycles. The van der Waals surface area contributed by atoms with Crippen LogP contribution in [0.2, 0.25) is 0 Å². The van der Waals surface area contributed by atoms with Crippen molar-refractivity contribution in [2.24, 2.45) is 0 Å². The summed E-state index contributed by atoms with van der Waals surface area (Å²) in [5.74, 6) is -1.42. The molecule has 2 N–H and O–H groups in total. The van der Waals surface area contributed by atoms with Crippen LogP contribution in [0.3, 0.4) is 0 Å². The first-order valence-corrected chi connectivity index (χ1v) is 8.03. The average Bonchev–Trinajstić information content (AvgIpc) is 2.93. The van der Waals surface area contributed by atoms with E-state index in [2.05, 4.69) is 10.3 Å². The number of carbonyl (C=O) groups is 2. The molecule has 0 aliphatic rings. The molecule has 122 valence electrons. The molecule has 23 heavy (non-hydrogen) atoms. The maximum atomic E-state index is 13.2. The normalized spacial score (nSPS) is 11.9. The molecular formula is C16H17FN2O3S. The van der Waals surface area contributed by atoms with Crippen LogP contribution in [0, 0.1) is 5.82 Å². The molecule has 1 unspecified atom stereocenters. The van der Waals surface area contributed by atoms with Crippen molar-refractivity contribution in [3.63, 3.8) is 0 Å². The molecule has 1 heterocycles. The standard InChI is InChI=1S/C16H17FN2O3S/c1-10(5-6-15(21)22)18-14(20)8-13-9-23-16(19-13)11-3-2-4-12(17)7-11/h2-4,7,9-10H,5-6,8H2,1H3,(H,18,20)(H,21,22). The fourth-order valence-electron chi connectivity index (χ4n) is 2.04. The van der Waals surface area contributed by atoms with Crippen LogP contribution in [0.25, 0.3) is 10.6 Å². The Morgan fingerprint density at radius 1 is 1.43 bits per heavy atom. The van der Waals surface area contributed by atoms with Crippen molar-refractivity contribution in [3.05, 3.63) is 41.2 Å². The Kier molecular flexibility index (Phi) is 5.81. The second-order valence-electron chi connectivity index (χ2n) is 5.23. The predicted molar refractivity (Wildman–Crippen MR) is 85.7 cm³/mol. The van der Waals surface area contributed by atoms with Gasteiger partial charge in [-0.15, -0.1) is 11.3 Å². The fraction of sp³-hybridized carbons (Fsp3) is 0.312. The Morgan fingerprint density at radius 3 is 2.91 bits per heavy atom. The van der Waals surface area contributed by atoms with E-state index in [1.165, 1.54) is 23.5 Å². The predicted octanol–water partition coefficient (Wildman–Crippen LogP) is 2.86. The van der Waals surface area contributed by atoms with Crippen molar-refractivity contribution < 1.29 is 19.1 Å². The lowest BCUT2D eigenvalue weighted by Gasteiger charge is -2.11. The molecule has 0 saturated heterocycles. The van der Waals surface area contributed by atoms with Gasteiger partial charge in [-0.2, -0.15) is 0 Å². The Bertz CT molecular complexity index is 702. The average molecular weight is 336 g/mol. The lowest BCUT2D eigenvalue weighted by molar-refractivity contribution is -0.137. The summed E-state index contributed by atoms with van der Waals surface area (Å²) in [5, 5.41) is 13.8. The second kappa shape index (κ2) is 7.82. The van der Waals surface area contributed by atoms with Crippen molar-refractivity contribution in [1.29, 1.82) is 0 Å². The van der Waals surface area contributed by atoms with Gasteiger partial charge in [0.25, 0.3) is 0 Å². The van der Waals surface area contributed by atoms with Gasteiger partial charge in [0.15, 0.2) is 0 Å². The zero-order valence-electron chi connectivity index (χ0n) is 12.6. The molecule has 2 rings (SSSR count). The monoisotopic (exact) mass is 336 g/mol. The third kappa shape index (κ3) is 5.45. The van der Waals surface area contributed by atoms with Crippen LogP contribution in [0.4, 0.5) is 4.39 Å². The van der Waals surface area contributed by atoms with E-state index < -0.39 is 5.97 Å². The molecule has 0 radical (unpaired) electrons. The molecule has 1 amide bonds. The van der Waals surface area contributed by atoms with E-state index in [1.54, 1.807) is 24.4 Å². The smallest absolute Gasteiger partial charge is 0.303 e. The van der Waals surface area contributed by atoms with Crippen molar-refractivity contribution in [1.82, 2.24) is 10.3 Å². The molecule has 0 aliphatic carbocycles. The van der Waals surface area contributed by atoms with Gasteiger partial charge in [-0.1, -0.05) is 12.1 Å².